The zero-order valence-electron chi connectivity index (χ0n) is 16.9. The van der Waals surface area contributed by atoms with Crippen molar-refractivity contribution in [2.24, 2.45) is 0 Å². The number of nitrogens with zero attached hydrogens (tertiary/aromatic N) is 4. The summed E-state index contributed by atoms with van der Waals surface area (Å²) < 4.78 is 13.8. The number of hydrogen-bond acceptors (Lipinski definition) is 5. The van der Waals surface area contributed by atoms with Gasteiger partial charge in [0.1, 0.15) is 11.9 Å². The van der Waals surface area contributed by atoms with Gasteiger partial charge in [-0.25, -0.2) is 9.97 Å². The molecule has 1 aromatic carbocycles. The number of benzene rings is 1. The van der Waals surface area contributed by atoms with Gasteiger partial charge in [-0.1, -0.05) is 6.07 Å². The van der Waals surface area contributed by atoms with E-state index in [2.05, 4.69) is 49.9 Å². The van der Waals surface area contributed by atoms with E-state index in [9.17, 15) is 0 Å². The SMILES string of the molecule is COCCn1ccc2c(OC3CCN(c4nc(C)cc(C)n4)CC3)cccc21. The third-order valence-corrected chi connectivity index (χ3v) is 5.30. The van der Waals surface area contributed by atoms with E-state index in [1.807, 2.05) is 19.9 Å². The standard InChI is InChI=1S/C22H28N4O2/c1-16-15-17(2)24-22(23-16)26-10-7-18(8-11-26)28-21-6-4-5-20-19(21)9-12-25(20)13-14-27-3/h4-6,9,12,15,18H,7-8,10-11,13-14H2,1-3H3. The van der Waals surface area contributed by atoms with Crippen LogP contribution in [-0.4, -0.2) is 47.4 Å². The zero-order chi connectivity index (χ0) is 19.5. The molecule has 0 aliphatic carbocycles. The number of aryl methyl sites for hydroxylation is 2. The smallest absolute Gasteiger partial charge is 0.225 e. The van der Waals surface area contributed by atoms with Crippen molar-refractivity contribution >= 4 is 16.9 Å². The van der Waals surface area contributed by atoms with Gasteiger partial charge in [0.05, 0.1) is 12.1 Å². The summed E-state index contributed by atoms with van der Waals surface area (Å²) in [6.45, 7) is 7.42. The third-order valence-electron chi connectivity index (χ3n) is 5.30. The molecule has 6 heteroatoms. The van der Waals surface area contributed by atoms with Gasteiger partial charge in [-0.05, 0) is 38.1 Å². The lowest BCUT2D eigenvalue weighted by Crippen LogP contribution is -2.39. The average Bonchev–Trinajstić information content (AvgIpc) is 3.10. The summed E-state index contributed by atoms with van der Waals surface area (Å²) in [7, 11) is 1.73. The summed E-state index contributed by atoms with van der Waals surface area (Å²) >= 11 is 0. The lowest BCUT2D eigenvalue weighted by atomic mass is 10.1. The Bertz CT molecular complexity index is 925. The molecule has 3 aromatic rings. The number of ether oxygens (including phenoxy) is 2. The minimum absolute atomic E-state index is 0.218. The molecule has 148 valence electrons. The lowest BCUT2D eigenvalue weighted by Gasteiger charge is -2.32. The first kappa shape index (κ1) is 18.7. The van der Waals surface area contributed by atoms with Crippen LogP contribution in [0.2, 0.25) is 0 Å². The lowest BCUT2D eigenvalue weighted by molar-refractivity contribution is 0.172. The third kappa shape index (κ3) is 3.97. The van der Waals surface area contributed by atoms with E-state index >= 15 is 0 Å². The Balaban J connectivity index is 1.43. The molecule has 0 unspecified atom stereocenters. The molecule has 0 N–H and O–H groups in total. The van der Waals surface area contributed by atoms with Crippen molar-refractivity contribution in [2.75, 3.05) is 31.7 Å². The van der Waals surface area contributed by atoms with E-state index in [-0.39, 0.29) is 6.10 Å². The van der Waals surface area contributed by atoms with E-state index < -0.39 is 0 Å². The highest BCUT2D eigenvalue weighted by Gasteiger charge is 2.23. The van der Waals surface area contributed by atoms with Crippen molar-refractivity contribution in [3.63, 3.8) is 0 Å². The van der Waals surface area contributed by atoms with Gasteiger partial charge in [0.25, 0.3) is 0 Å². The topological polar surface area (TPSA) is 52.4 Å². The Morgan fingerprint density at radius 3 is 2.54 bits per heavy atom. The number of anilines is 1. The van der Waals surface area contributed by atoms with E-state index in [0.29, 0.717) is 6.61 Å². The van der Waals surface area contributed by atoms with Crippen LogP contribution in [0, 0.1) is 13.8 Å². The molecule has 6 nitrogen and oxygen atoms in total. The Morgan fingerprint density at radius 1 is 1.07 bits per heavy atom. The first-order valence-electron chi connectivity index (χ1n) is 9.95. The van der Waals surface area contributed by atoms with Crippen LogP contribution < -0.4 is 9.64 Å². The Hall–Kier alpha value is -2.60. The molecule has 1 saturated heterocycles. The molecule has 0 saturated carbocycles. The monoisotopic (exact) mass is 380 g/mol. The van der Waals surface area contributed by atoms with Gasteiger partial charge >= 0.3 is 0 Å². The Morgan fingerprint density at radius 2 is 1.82 bits per heavy atom. The first-order chi connectivity index (χ1) is 13.6. The number of methoxy groups -OCH3 is 1. The molecular weight excluding hydrogens is 352 g/mol. The summed E-state index contributed by atoms with van der Waals surface area (Å²) in [5, 5.41) is 1.17. The molecule has 3 heterocycles. The summed E-state index contributed by atoms with van der Waals surface area (Å²) in [4.78, 5) is 11.5. The maximum absolute atomic E-state index is 6.41. The fraction of sp³-hybridized carbons (Fsp3) is 0.455. The fourth-order valence-corrected chi connectivity index (χ4v) is 3.88. The summed E-state index contributed by atoms with van der Waals surface area (Å²) in [5.74, 6) is 1.81. The van der Waals surface area contributed by atoms with Gasteiger partial charge in [0.2, 0.25) is 5.95 Å². The van der Waals surface area contributed by atoms with Crippen LogP contribution in [0.25, 0.3) is 10.9 Å². The minimum atomic E-state index is 0.218. The van der Waals surface area contributed by atoms with Gasteiger partial charge in [-0.15, -0.1) is 0 Å². The predicted octanol–water partition coefficient (Wildman–Crippen LogP) is 3.74. The highest BCUT2D eigenvalue weighted by atomic mass is 16.5. The van der Waals surface area contributed by atoms with Crippen molar-refractivity contribution in [2.45, 2.75) is 39.3 Å². The van der Waals surface area contributed by atoms with Crippen LogP contribution in [0.3, 0.4) is 0 Å². The van der Waals surface area contributed by atoms with Crippen molar-refractivity contribution in [1.29, 1.82) is 0 Å². The largest absolute Gasteiger partial charge is 0.490 e. The predicted molar refractivity (Wildman–Crippen MR) is 111 cm³/mol. The molecule has 1 fully saturated rings. The van der Waals surface area contributed by atoms with Crippen molar-refractivity contribution in [3.05, 3.63) is 47.9 Å². The van der Waals surface area contributed by atoms with Gasteiger partial charge in [0.15, 0.2) is 0 Å². The molecule has 0 amide bonds. The van der Waals surface area contributed by atoms with Crippen LogP contribution in [0.15, 0.2) is 36.5 Å². The fourth-order valence-electron chi connectivity index (χ4n) is 3.88. The van der Waals surface area contributed by atoms with E-state index in [1.165, 1.54) is 10.9 Å². The number of aromatic nitrogens is 3. The molecule has 2 aromatic heterocycles. The molecule has 1 aliphatic rings. The number of piperidine rings is 1. The molecule has 0 spiro atoms. The number of fused-ring (bicyclic) bond motifs is 1. The number of rotatable bonds is 6. The first-order valence-corrected chi connectivity index (χ1v) is 9.95. The second-order valence-corrected chi connectivity index (χ2v) is 7.45. The van der Waals surface area contributed by atoms with Gasteiger partial charge < -0.3 is 18.9 Å². The normalized spacial score (nSPS) is 15.3. The van der Waals surface area contributed by atoms with Gasteiger partial charge in [-0.3, -0.25) is 0 Å². The maximum atomic E-state index is 6.41. The van der Waals surface area contributed by atoms with Gasteiger partial charge in [0, 0.05) is 62.6 Å². The summed E-state index contributed by atoms with van der Waals surface area (Å²) in [6, 6.07) is 10.4. The Kier molecular flexibility index (Phi) is 5.48. The second-order valence-electron chi connectivity index (χ2n) is 7.45. The minimum Gasteiger partial charge on any atom is -0.490 e. The second kappa shape index (κ2) is 8.19. The molecule has 4 rings (SSSR count). The molecule has 0 radical (unpaired) electrons. The molecular formula is C22H28N4O2. The zero-order valence-corrected chi connectivity index (χ0v) is 16.9. The van der Waals surface area contributed by atoms with Crippen molar-refractivity contribution < 1.29 is 9.47 Å². The van der Waals surface area contributed by atoms with Crippen LogP contribution in [-0.2, 0) is 11.3 Å². The summed E-state index contributed by atoms with van der Waals surface area (Å²) in [5.41, 5.74) is 3.23. The highest BCUT2D eigenvalue weighted by molar-refractivity contribution is 5.86. The highest BCUT2D eigenvalue weighted by Crippen LogP contribution is 2.29. The number of hydrogen-bond donors (Lipinski definition) is 0. The summed E-state index contributed by atoms with van der Waals surface area (Å²) in [6.07, 6.45) is 4.26. The van der Waals surface area contributed by atoms with E-state index in [1.54, 1.807) is 7.11 Å². The molecule has 28 heavy (non-hydrogen) atoms. The van der Waals surface area contributed by atoms with E-state index in [0.717, 1.165) is 55.6 Å². The van der Waals surface area contributed by atoms with Crippen LogP contribution >= 0.6 is 0 Å². The quantitative estimate of drug-likeness (QED) is 0.652. The molecule has 1 aliphatic heterocycles. The van der Waals surface area contributed by atoms with Crippen molar-refractivity contribution in [3.8, 4) is 5.75 Å². The average molecular weight is 380 g/mol. The van der Waals surface area contributed by atoms with Crippen LogP contribution in [0.1, 0.15) is 24.2 Å². The molecule has 0 bridgehead atoms. The van der Waals surface area contributed by atoms with Crippen LogP contribution in [0.5, 0.6) is 5.75 Å². The molecule has 0 atom stereocenters. The van der Waals surface area contributed by atoms with Crippen LogP contribution in [0.4, 0.5) is 5.95 Å². The van der Waals surface area contributed by atoms with E-state index in [4.69, 9.17) is 9.47 Å². The van der Waals surface area contributed by atoms with Crippen molar-refractivity contribution in [1.82, 2.24) is 14.5 Å². The maximum Gasteiger partial charge on any atom is 0.225 e. The van der Waals surface area contributed by atoms with Gasteiger partial charge in [-0.2, -0.15) is 0 Å². The Labute approximate surface area is 166 Å².